The van der Waals surface area contributed by atoms with Crippen LogP contribution in [0.5, 0.6) is 11.5 Å². The minimum Gasteiger partial charge on any atom is -0.490 e. The van der Waals surface area contributed by atoms with Crippen molar-refractivity contribution in [1.29, 1.82) is 0 Å². The minimum absolute atomic E-state index is 0.234. The summed E-state index contributed by atoms with van der Waals surface area (Å²) in [6, 6.07) is 11.9. The van der Waals surface area contributed by atoms with E-state index in [1.165, 1.54) is 12.1 Å². The molecule has 2 aromatic carbocycles. The van der Waals surface area contributed by atoms with Crippen molar-refractivity contribution in [2.75, 3.05) is 13.2 Å². The van der Waals surface area contributed by atoms with Gasteiger partial charge >= 0.3 is 5.97 Å². The van der Waals surface area contributed by atoms with E-state index in [0.29, 0.717) is 19.0 Å². The van der Waals surface area contributed by atoms with Gasteiger partial charge in [0, 0.05) is 4.47 Å². The van der Waals surface area contributed by atoms with Gasteiger partial charge in [0.1, 0.15) is 24.7 Å². The third kappa shape index (κ3) is 4.75. The van der Waals surface area contributed by atoms with Crippen molar-refractivity contribution in [3.63, 3.8) is 0 Å². The van der Waals surface area contributed by atoms with E-state index in [1.807, 2.05) is 18.2 Å². The molecule has 0 aromatic heterocycles. The van der Waals surface area contributed by atoms with Crippen molar-refractivity contribution in [3.8, 4) is 11.5 Å². The SMILES string of the molecule is O=C(O)c1ccc(OCCOc2ccc(Br)cc2Br)cc1. The van der Waals surface area contributed by atoms with Crippen molar-refractivity contribution in [1.82, 2.24) is 0 Å². The lowest BCUT2D eigenvalue weighted by atomic mass is 10.2. The van der Waals surface area contributed by atoms with Gasteiger partial charge in [-0.1, -0.05) is 15.9 Å². The van der Waals surface area contributed by atoms with Gasteiger partial charge in [-0.15, -0.1) is 0 Å². The van der Waals surface area contributed by atoms with Crippen LogP contribution in [-0.4, -0.2) is 24.3 Å². The van der Waals surface area contributed by atoms with Gasteiger partial charge in [0.15, 0.2) is 0 Å². The zero-order chi connectivity index (χ0) is 15.2. The fraction of sp³-hybridized carbons (Fsp3) is 0.133. The molecule has 0 atom stereocenters. The molecule has 0 saturated heterocycles. The van der Waals surface area contributed by atoms with E-state index in [4.69, 9.17) is 14.6 Å². The van der Waals surface area contributed by atoms with E-state index >= 15 is 0 Å². The number of hydrogen-bond donors (Lipinski definition) is 1. The maximum absolute atomic E-state index is 10.7. The van der Waals surface area contributed by atoms with Crippen LogP contribution in [0.4, 0.5) is 0 Å². The molecule has 4 nitrogen and oxygen atoms in total. The average molecular weight is 416 g/mol. The summed E-state index contributed by atoms with van der Waals surface area (Å²) in [4.78, 5) is 10.7. The lowest BCUT2D eigenvalue weighted by molar-refractivity contribution is 0.0697. The number of carboxylic acid groups (broad SMARTS) is 1. The molecule has 2 rings (SSSR count). The molecule has 1 N–H and O–H groups in total. The highest BCUT2D eigenvalue weighted by atomic mass is 79.9. The van der Waals surface area contributed by atoms with Crippen molar-refractivity contribution in [2.24, 2.45) is 0 Å². The van der Waals surface area contributed by atoms with Gasteiger partial charge in [0.25, 0.3) is 0 Å². The Morgan fingerprint density at radius 1 is 1.00 bits per heavy atom. The summed E-state index contributed by atoms with van der Waals surface area (Å²) in [7, 11) is 0. The van der Waals surface area contributed by atoms with Crippen molar-refractivity contribution in [3.05, 3.63) is 57.0 Å². The van der Waals surface area contributed by atoms with E-state index in [1.54, 1.807) is 12.1 Å². The van der Waals surface area contributed by atoms with Crippen LogP contribution in [0.15, 0.2) is 51.4 Å². The average Bonchev–Trinajstić information content (AvgIpc) is 2.46. The first-order chi connectivity index (χ1) is 10.1. The number of benzene rings is 2. The summed E-state index contributed by atoms with van der Waals surface area (Å²) in [5.74, 6) is 0.395. The highest BCUT2D eigenvalue weighted by Crippen LogP contribution is 2.28. The second-order valence-corrected chi connectivity index (χ2v) is 5.87. The number of aromatic carboxylic acids is 1. The molecule has 0 heterocycles. The summed E-state index contributed by atoms with van der Waals surface area (Å²) in [6.07, 6.45) is 0. The van der Waals surface area contributed by atoms with Crippen LogP contribution in [0.25, 0.3) is 0 Å². The van der Waals surface area contributed by atoms with E-state index in [9.17, 15) is 4.79 Å². The van der Waals surface area contributed by atoms with E-state index in [0.717, 1.165) is 14.7 Å². The van der Waals surface area contributed by atoms with Crippen molar-refractivity contribution < 1.29 is 19.4 Å². The van der Waals surface area contributed by atoms with Gasteiger partial charge in [0.2, 0.25) is 0 Å². The summed E-state index contributed by atoms with van der Waals surface area (Å²) >= 11 is 6.79. The molecule has 6 heteroatoms. The first kappa shape index (κ1) is 15.9. The van der Waals surface area contributed by atoms with E-state index < -0.39 is 5.97 Å². The van der Waals surface area contributed by atoms with Crippen molar-refractivity contribution in [2.45, 2.75) is 0 Å². The standard InChI is InChI=1S/C15H12Br2O4/c16-11-3-6-14(13(17)9-11)21-8-7-20-12-4-1-10(2-5-12)15(18)19/h1-6,9H,7-8H2,(H,18,19). The summed E-state index contributed by atoms with van der Waals surface area (Å²) in [5, 5.41) is 8.79. The lowest BCUT2D eigenvalue weighted by Gasteiger charge is -2.10. The summed E-state index contributed by atoms with van der Waals surface area (Å²) in [5.41, 5.74) is 0.234. The van der Waals surface area contributed by atoms with Gasteiger partial charge in [-0.3, -0.25) is 0 Å². The zero-order valence-electron chi connectivity index (χ0n) is 10.9. The highest BCUT2D eigenvalue weighted by molar-refractivity contribution is 9.11. The number of hydrogen-bond acceptors (Lipinski definition) is 3. The molecule has 0 aliphatic heterocycles. The van der Waals surface area contributed by atoms with Crippen LogP contribution in [0.1, 0.15) is 10.4 Å². The van der Waals surface area contributed by atoms with Crippen LogP contribution in [0.3, 0.4) is 0 Å². The molecule has 2 aromatic rings. The molecule has 0 spiro atoms. The van der Waals surface area contributed by atoms with Gasteiger partial charge in [-0.25, -0.2) is 4.79 Å². The fourth-order valence-corrected chi connectivity index (χ4v) is 2.76. The summed E-state index contributed by atoms with van der Waals surface area (Å²) in [6.45, 7) is 0.760. The molecule has 21 heavy (non-hydrogen) atoms. The molecule has 0 bridgehead atoms. The van der Waals surface area contributed by atoms with Crippen LogP contribution >= 0.6 is 31.9 Å². The van der Waals surface area contributed by atoms with Gasteiger partial charge in [-0.05, 0) is 58.4 Å². The third-order valence-corrected chi connectivity index (χ3v) is 3.72. The van der Waals surface area contributed by atoms with Gasteiger partial charge < -0.3 is 14.6 Å². The number of carbonyl (C=O) groups is 1. The minimum atomic E-state index is -0.954. The second kappa shape index (κ2) is 7.47. The molecular weight excluding hydrogens is 404 g/mol. The van der Waals surface area contributed by atoms with Crippen LogP contribution in [-0.2, 0) is 0 Å². The third-order valence-electron chi connectivity index (χ3n) is 2.60. The Hall–Kier alpha value is -1.53. The molecule has 0 amide bonds. The molecule has 0 aliphatic carbocycles. The number of carboxylic acids is 1. The fourth-order valence-electron chi connectivity index (χ4n) is 1.60. The largest absolute Gasteiger partial charge is 0.490 e. The number of ether oxygens (including phenoxy) is 2. The Morgan fingerprint density at radius 2 is 1.67 bits per heavy atom. The Bertz CT molecular complexity index is 626. The van der Waals surface area contributed by atoms with Crippen LogP contribution < -0.4 is 9.47 Å². The molecule has 110 valence electrons. The van der Waals surface area contributed by atoms with E-state index in [-0.39, 0.29) is 5.56 Å². The molecule has 0 saturated carbocycles. The predicted octanol–water partition coefficient (Wildman–Crippen LogP) is 4.37. The number of halogens is 2. The number of rotatable bonds is 6. The van der Waals surface area contributed by atoms with Crippen LogP contribution in [0.2, 0.25) is 0 Å². The monoisotopic (exact) mass is 414 g/mol. The molecule has 0 aliphatic rings. The molecule has 0 fully saturated rings. The Balaban J connectivity index is 1.80. The smallest absolute Gasteiger partial charge is 0.335 e. The van der Waals surface area contributed by atoms with Gasteiger partial charge in [0.05, 0.1) is 10.0 Å². The van der Waals surface area contributed by atoms with Gasteiger partial charge in [-0.2, -0.15) is 0 Å². The Labute approximate surface area is 139 Å². The Kier molecular flexibility index (Phi) is 5.64. The first-order valence-corrected chi connectivity index (χ1v) is 7.69. The zero-order valence-corrected chi connectivity index (χ0v) is 14.1. The highest BCUT2D eigenvalue weighted by Gasteiger charge is 2.03. The van der Waals surface area contributed by atoms with E-state index in [2.05, 4.69) is 31.9 Å². The summed E-state index contributed by atoms with van der Waals surface area (Å²) < 4.78 is 12.9. The normalized spacial score (nSPS) is 10.2. The quantitative estimate of drug-likeness (QED) is 0.711. The lowest BCUT2D eigenvalue weighted by Crippen LogP contribution is -2.09. The van der Waals surface area contributed by atoms with Crippen LogP contribution in [0, 0.1) is 0 Å². The maximum Gasteiger partial charge on any atom is 0.335 e. The first-order valence-electron chi connectivity index (χ1n) is 6.10. The Morgan fingerprint density at radius 3 is 2.29 bits per heavy atom. The molecule has 0 radical (unpaired) electrons. The molecular formula is C15H12Br2O4. The topological polar surface area (TPSA) is 55.8 Å². The predicted molar refractivity (Wildman–Crippen MR) is 86.2 cm³/mol. The molecule has 0 unspecified atom stereocenters. The maximum atomic E-state index is 10.7. The second-order valence-electron chi connectivity index (χ2n) is 4.10. The van der Waals surface area contributed by atoms with Crippen molar-refractivity contribution >= 4 is 37.8 Å².